The average Bonchev–Trinajstić information content (AvgIpc) is 2.75. The Labute approximate surface area is 177 Å². The second-order valence-electron chi connectivity index (χ2n) is 8.23. The Kier molecular flexibility index (Phi) is 5.36. The quantitative estimate of drug-likeness (QED) is 0.658. The van der Waals surface area contributed by atoms with Crippen LogP contribution in [0.1, 0.15) is 25.0 Å². The van der Waals surface area contributed by atoms with E-state index in [1.54, 1.807) is 4.90 Å². The number of rotatable bonds is 5. The van der Waals surface area contributed by atoms with Crippen molar-refractivity contribution in [1.82, 2.24) is 0 Å². The number of carbonyl (C=O) groups excluding carboxylic acids is 1. The molecule has 154 valence electrons. The Morgan fingerprint density at radius 3 is 2.20 bits per heavy atom. The van der Waals surface area contributed by atoms with Crippen molar-refractivity contribution in [3.05, 3.63) is 90.0 Å². The maximum Gasteiger partial charge on any atom is 0.319 e. The number of amides is 2. The highest BCUT2D eigenvalue weighted by Crippen LogP contribution is 2.40. The van der Waals surface area contributed by atoms with E-state index in [0.717, 1.165) is 29.2 Å². The number of anilines is 2. The van der Waals surface area contributed by atoms with E-state index in [-0.39, 0.29) is 5.54 Å². The highest BCUT2D eigenvalue weighted by molar-refractivity contribution is 5.96. The first-order valence-corrected chi connectivity index (χ1v) is 10.1. The minimum atomic E-state index is -0.421. The number of carbonyl (C=O) groups is 1. The molecule has 1 heterocycles. The Morgan fingerprint density at radius 1 is 0.900 bits per heavy atom. The minimum absolute atomic E-state index is 0.258. The summed E-state index contributed by atoms with van der Waals surface area (Å²) >= 11 is 0. The molecule has 0 saturated heterocycles. The van der Waals surface area contributed by atoms with Gasteiger partial charge >= 0.3 is 6.03 Å². The maximum absolute atomic E-state index is 12.0. The van der Waals surface area contributed by atoms with E-state index in [2.05, 4.69) is 43.0 Å². The molecule has 1 aliphatic heterocycles. The molecule has 0 unspecified atom stereocenters. The van der Waals surface area contributed by atoms with Gasteiger partial charge < -0.3 is 15.4 Å². The molecular formula is C25H27N3O2. The molecule has 2 amide bonds. The van der Waals surface area contributed by atoms with Gasteiger partial charge in [-0.3, -0.25) is 4.90 Å². The number of ether oxygens (including phenoxy) is 1. The van der Waals surface area contributed by atoms with Crippen molar-refractivity contribution in [1.29, 1.82) is 0 Å². The molecule has 30 heavy (non-hydrogen) atoms. The molecule has 0 spiro atoms. The van der Waals surface area contributed by atoms with Crippen LogP contribution in [0.25, 0.3) is 0 Å². The number of urea groups is 1. The normalized spacial score (nSPS) is 14.9. The number of hydrogen-bond acceptors (Lipinski definition) is 3. The van der Waals surface area contributed by atoms with Gasteiger partial charge in [0.2, 0.25) is 0 Å². The lowest BCUT2D eigenvalue weighted by Gasteiger charge is -2.48. The third-order valence-electron chi connectivity index (χ3n) is 5.52. The lowest BCUT2D eigenvalue weighted by atomic mass is 9.95. The number of nitrogens with zero attached hydrogens (tertiary/aromatic N) is 2. The summed E-state index contributed by atoms with van der Waals surface area (Å²) in [5, 5.41) is 0. The Morgan fingerprint density at radius 2 is 1.53 bits per heavy atom. The van der Waals surface area contributed by atoms with Crippen LogP contribution in [0.15, 0.2) is 78.9 Å². The monoisotopic (exact) mass is 401 g/mol. The Hall–Kier alpha value is -3.47. The van der Waals surface area contributed by atoms with Crippen LogP contribution in [-0.2, 0) is 13.2 Å². The van der Waals surface area contributed by atoms with E-state index in [9.17, 15) is 4.79 Å². The van der Waals surface area contributed by atoms with Gasteiger partial charge in [-0.2, -0.15) is 0 Å². The maximum atomic E-state index is 12.0. The Balaban J connectivity index is 1.51. The van der Waals surface area contributed by atoms with Crippen LogP contribution in [0.4, 0.5) is 16.2 Å². The fraction of sp³-hybridized carbons (Fsp3) is 0.240. The van der Waals surface area contributed by atoms with E-state index < -0.39 is 6.03 Å². The predicted octanol–water partition coefficient (Wildman–Crippen LogP) is 4.95. The molecule has 4 rings (SSSR count). The minimum Gasteiger partial charge on any atom is -0.489 e. The van der Waals surface area contributed by atoms with Crippen molar-refractivity contribution >= 4 is 17.4 Å². The molecule has 0 radical (unpaired) electrons. The van der Waals surface area contributed by atoms with Crippen molar-refractivity contribution in [3.63, 3.8) is 0 Å². The van der Waals surface area contributed by atoms with Crippen molar-refractivity contribution in [2.24, 2.45) is 5.73 Å². The smallest absolute Gasteiger partial charge is 0.319 e. The lowest BCUT2D eigenvalue weighted by molar-refractivity contribution is 0.251. The first-order valence-electron chi connectivity index (χ1n) is 10.1. The van der Waals surface area contributed by atoms with E-state index in [1.165, 1.54) is 5.56 Å². The zero-order chi connectivity index (χ0) is 21.1. The molecule has 0 atom stereocenters. The first-order chi connectivity index (χ1) is 14.4. The van der Waals surface area contributed by atoms with Gasteiger partial charge in [-0.05, 0) is 49.2 Å². The molecule has 0 aromatic heterocycles. The van der Waals surface area contributed by atoms with Gasteiger partial charge in [-0.1, -0.05) is 54.6 Å². The van der Waals surface area contributed by atoms with Crippen LogP contribution < -0.4 is 20.3 Å². The zero-order valence-electron chi connectivity index (χ0n) is 17.4. The van der Waals surface area contributed by atoms with Crippen LogP contribution in [-0.4, -0.2) is 18.1 Å². The average molecular weight is 402 g/mol. The Bertz CT molecular complexity index is 1020. The van der Waals surface area contributed by atoms with Gasteiger partial charge in [0.15, 0.2) is 0 Å². The van der Waals surface area contributed by atoms with E-state index in [4.69, 9.17) is 10.5 Å². The van der Waals surface area contributed by atoms with Crippen LogP contribution >= 0.6 is 0 Å². The molecular weight excluding hydrogens is 374 g/mol. The fourth-order valence-corrected chi connectivity index (χ4v) is 3.91. The third-order valence-corrected chi connectivity index (χ3v) is 5.52. The highest BCUT2D eigenvalue weighted by Gasteiger charge is 2.38. The van der Waals surface area contributed by atoms with Crippen LogP contribution in [0.5, 0.6) is 5.75 Å². The third kappa shape index (κ3) is 4.10. The standard InChI is InChI=1S/C25H27N3O2/c1-25(2)18-27(24(26)29)22-10-6-7-11-23(22)28(25)16-19-12-14-21(15-13-19)30-17-20-8-4-3-5-9-20/h3-15H,16-18H2,1-2H3,(H2,26,29). The van der Waals surface area contributed by atoms with Gasteiger partial charge in [0.1, 0.15) is 12.4 Å². The molecule has 0 fully saturated rings. The number of benzene rings is 3. The summed E-state index contributed by atoms with van der Waals surface area (Å²) in [4.78, 5) is 16.0. The summed E-state index contributed by atoms with van der Waals surface area (Å²) in [5.74, 6) is 0.848. The summed E-state index contributed by atoms with van der Waals surface area (Å²) < 4.78 is 5.90. The van der Waals surface area contributed by atoms with Gasteiger partial charge in [0.05, 0.1) is 23.5 Å². The molecule has 5 nitrogen and oxygen atoms in total. The van der Waals surface area contributed by atoms with E-state index in [0.29, 0.717) is 13.2 Å². The van der Waals surface area contributed by atoms with Crippen molar-refractivity contribution in [2.75, 3.05) is 16.3 Å². The van der Waals surface area contributed by atoms with Crippen LogP contribution in [0.3, 0.4) is 0 Å². The summed E-state index contributed by atoms with van der Waals surface area (Å²) in [6, 6.07) is 25.9. The molecule has 1 aliphatic rings. The van der Waals surface area contributed by atoms with E-state index in [1.807, 2.05) is 54.6 Å². The van der Waals surface area contributed by atoms with Gasteiger partial charge in [0.25, 0.3) is 0 Å². The molecule has 5 heteroatoms. The molecule has 3 aromatic carbocycles. The van der Waals surface area contributed by atoms with Crippen molar-refractivity contribution in [2.45, 2.75) is 32.5 Å². The SMILES string of the molecule is CC1(C)CN(C(N)=O)c2ccccc2N1Cc1ccc(OCc2ccccc2)cc1. The second-order valence-corrected chi connectivity index (χ2v) is 8.23. The number of hydrogen-bond donors (Lipinski definition) is 1. The van der Waals surface area contributed by atoms with Crippen molar-refractivity contribution in [3.8, 4) is 5.75 Å². The summed E-state index contributed by atoms with van der Waals surface area (Å²) in [7, 11) is 0. The topological polar surface area (TPSA) is 58.8 Å². The van der Waals surface area contributed by atoms with E-state index >= 15 is 0 Å². The van der Waals surface area contributed by atoms with Crippen molar-refractivity contribution < 1.29 is 9.53 Å². The highest BCUT2D eigenvalue weighted by atomic mass is 16.5. The molecule has 0 saturated carbocycles. The van der Waals surface area contributed by atoms with Gasteiger partial charge in [-0.25, -0.2) is 4.79 Å². The summed E-state index contributed by atoms with van der Waals surface area (Å²) in [5.41, 5.74) is 9.57. The lowest BCUT2D eigenvalue weighted by Crippen LogP contribution is -2.58. The zero-order valence-corrected chi connectivity index (χ0v) is 17.4. The summed E-state index contributed by atoms with van der Waals surface area (Å²) in [6.45, 7) is 6.09. The molecule has 3 aromatic rings. The van der Waals surface area contributed by atoms with Gasteiger partial charge in [-0.15, -0.1) is 0 Å². The second kappa shape index (κ2) is 8.11. The number of para-hydroxylation sites is 2. The number of nitrogens with two attached hydrogens (primary N) is 1. The van der Waals surface area contributed by atoms with Crippen LogP contribution in [0.2, 0.25) is 0 Å². The molecule has 0 aliphatic carbocycles. The number of fused-ring (bicyclic) bond motifs is 1. The van der Waals surface area contributed by atoms with Crippen LogP contribution in [0, 0.1) is 0 Å². The molecule has 2 N–H and O–H groups in total. The van der Waals surface area contributed by atoms with Gasteiger partial charge in [0, 0.05) is 6.54 Å². The largest absolute Gasteiger partial charge is 0.489 e. The fourth-order valence-electron chi connectivity index (χ4n) is 3.91. The molecule has 0 bridgehead atoms. The predicted molar refractivity (Wildman–Crippen MR) is 121 cm³/mol. The number of primary amides is 1. The first kappa shape index (κ1) is 19.8. The summed E-state index contributed by atoms with van der Waals surface area (Å²) in [6.07, 6.45) is 0.